The third kappa shape index (κ3) is 3.62. The number of hydrogen-bond acceptors (Lipinski definition) is 9. The molecule has 0 N–H and O–H groups in total. The molecule has 8 rings (SSSR count). The van der Waals surface area contributed by atoms with Gasteiger partial charge in [0.1, 0.15) is 34.3 Å². The number of Topliss-reactive ketones (excluding diaryl/α,β-unsaturated/α-hetero) is 4. The first-order valence-electron chi connectivity index (χ1n) is 12.3. The normalized spacial score (nSPS) is 16.7. The Bertz CT molecular complexity index is 2270. The average Bonchev–Trinajstić information content (AvgIpc) is 3.75. The third-order valence-electron chi connectivity index (χ3n) is 7.33. The Hall–Kier alpha value is -4.72. The van der Waals surface area contributed by atoms with Crippen LogP contribution in [0.15, 0.2) is 36.4 Å². The van der Waals surface area contributed by atoms with Gasteiger partial charge in [-0.05, 0) is 36.4 Å². The van der Waals surface area contributed by atoms with Crippen LogP contribution in [-0.2, 0) is 9.59 Å². The molecule has 3 heterocycles. The molecular formula is C30H8F4N2O4S3. The predicted molar refractivity (Wildman–Crippen MR) is 155 cm³/mol. The zero-order valence-corrected chi connectivity index (χ0v) is 23.3. The third-order valence-corrected chi connectivity index (χ3v) is 10.2. The van der Waals surface area contributed by atoms with Gasteiger partial charge in [0, 0.05) is 54.9 Å². The molecule has 208 valence electrons. The van der Waals surface area contributed by atoms with Crippen LogP contribution in [0.1, 0.15) is 41.6 Å². The Morgan fingerprint density at radius 1 is 0.558 bits per heavy atom. The molecule has 2 aliphatic rings. The number of halogens is 4. The van der Waals surface area contributed by atoms with Gasteiger partial charge in [-0.15, -0.1) is 22.7 Å². The minimum atomic E-state index is -1.11. The highest BCUT2D eigenvalue weighted by atomic mass is 32.1. The Balaban J connectivity index is 1.32. The number of benzene rings is 3. The Morgan fingerprint density at radius 2 is 0.977 bits per heavy atom. The lowest BCUT2D eigenvalue weighted by Crippen LogP contribution is -2.07. The van der Waals surface area contributed by atoms with Crippen molar-refractivity contribution in [3.8, 4) is 0 Å². The Morgan fingerprint density at radius 3 is 1.40 bits per heavy atom. The molecule has 0 amide bonds. The second-order valence-corrected chi connectivity index (χ2v) is 12.5. The molecule has 0 spiro atoms. The number of thiophene rings is 2. The summed E-state index contributed by atoms with van der Waals surface area (Å²) >= 11 is 3.46. The van der Waals surface area contributed by atoms with Crippen LogP contribution in [0.5, 0.6) is 0 Å². The number of ketones is 4. The van der Waals surface area contributed by atoms with Crippen molar-refractivity contribution in [2.24, 2.45) is 0 Å². The number of rotatable bonds is 2. The predicted octanol–water partition coefficient (Wildman–Crippen LogP) is 7.29. The van der Waals surface area contributed by atoms with Gasteiger partial charge >= 0.3 is 0 Å². The van der Waals surface area contributed by atoms with Crippen molar-refractivity contribution in [1.29, 1.82) is 0 Å². The summed E-state index contributed by atoms with van der Waals surface area (Å²) < 4.78 is 67.0. The summed E-state index contributed by atoms with van der Waals surface area (Å²) in [6, 6.07) is 6.48. The standard InChI is InChI=1S/C30H8F4N2O4S3/c31-9-1-13-15(25(37)27(39)21(13)19(33)3-9)5-11-7-17-23-24(36-43-35-23)18-8-12(42-30(18)29(17)41-11)6-16-14-2-10(32)4-20(34)22(14)28(40)26(16)38/h1-8H/b15-5-,16-6-. The van der Waals surface area contributed by atoms with Crippen molar-refractivity contribution < 1.29 is 36.7 Å². The van der Waals surface area contributed by atoms with Gasteiger partial charge in [0.25, 0.3) is 0 Å². The first-order valence-corrected chi connectivity index (χ1v) is 14.7. The second-order valence-electron chi connectivity index (χ2n) is 9.80. The number of fused-ring (bicyclic) bond motifs is 8. The Labute approximate surface area is 248 Å². The molecule has 3 aromatic carbocycles. The number of aromatic nitrogens is 2. The first kappa shape index (κ1) is 25.9. The van der Waals surface area contributed by atoms with Gasteiger partial charge < -0.3 is 0 Å². The van der Waals surface area contributed by atoms with Crippen LogP contribution >= 0.6 is 34.4 Å². The van der Waals surface area contributed by atoms with Crippen molar-refractivity contribution in [2.75, 3.05) is 0 Å². The highest BCUT2D eigenvalue weighted by Crippen LogP contribution is 2.45. The lowest BCUT2D eigenvalue weighted by Gasteiger charge is -2.00. The van der Waals surface area contributed by atoms with E-state index in [2.05, 4.69) is 8.75 Å². The maximum atomic E-state index is 14.4. The fourth-order valence-corrected chi connectivity index (χ4v) is 8.45. The molecule has 0 saturated heterocycles. The molecule has 0 fully saturated rings. The zero-order valence-electron chi connectivity index (χ0n) is 20.9. The van der Waals surface area contributed by atoms with Gasteiger partial charge in [-0.3, -0.25) is 19.2 Å². The number of carbonyl (C=O) groups excluding carboxylic acids is 4. The molecule has 6 nitrogen and oxygen atoms in total. The monoisotopic (exact) mass is 632 g/mol. The molecule has 0 aliphatic heterocycles. The fourth-order valence-electron chi connectivity index (χ4n) is 5.51. The van der Waals surface area contributed by atoms with Gasteiger partial charge in [0.05, 0.1) is 32.3 Å². The Kier molecular flexibility index (Phi) is 5.37. The van der Waals surface area contributed by atoms with Gasteiger partial charge in [-0.25, -0.2) is 17.6 Å². The topological polar surface area (TPSA) is 94.1 Å². The van der Waals surface area contributed by atoms with E-state index < -0.39 is 57.5 Å². The summed E-state index contributed by atoms with van der Waals surface area (Å²) in [5, 5.41) is 1.36. The van der Waals surface area contributed by atoms with Crippen molar-refractivity contribution in [1.82, 2.24) is 8.75 Å². The van der Waals surface area contributed by atoms with Crippen LogP contribution < -0.4 is 0 Å². The van der Waals surface area contributed by atoms with Gasteiger partial charge in [-0.1, -0.05) is 0 Å². The van der Waals surface area contributed by atoms with Crippen LogP contribution in [0.4, 0.5) is 17.6 Å². The maximum Gasteiger partial charge on any atom is 0.237 e. The van der Waals surface area contributed by atoms with Gasteiger partial charge in [0.2, 0.25) is 23.1 Å². The molecule has 3 aromatic heterocycles. The quantitative estimate of drug-likeness (QED) is 0.113. The van der Waals surface area contributed by atoms with Gasteiger partial charge in [0.15, 0.2) is 0 Å². The van der Waals surface area contributed by atoms with Crippen LogP contribution in [0.25, 0.3) is 54.5 Å². The number of allylic oxidation sites excluding steroid dienone is 2. The van der Waals surface area contributed by atoms with E-state index in [0.29, 0.717) is 43.7 Å². The molecule has 0 radical (unpaired) electrons. The molecule has 0 saturated carbocycles. The minimum absolute atomic E-state index is 0.121. The fraction of sp³-hybridized carbons (Fsp3) is 0. The number of hydrogen-bond donors (Lipinski definition) is 0. The summed E-state index contributed by atoms with van der Waals surface area (Å²) in [6.45, 7) is 0. The molecule has 0 unspecified atom stereocenters. The highest BCUT2D eigenvalue weighted by molar-refractivity contribution is 7.28. The summed E-state index contributed by atoms with van der Waals surface area (Å²) in [4.78, 5) is 51.4. The zero-order chi connectivity index (χ0) is 29.9. The second kappa shape index (κ2) is 8.89. The van der Waals surface area contributed by atoms with E-state index in [1.165, 1.54) is 34.8 Å². The van der Waals surface area contributed by atoms with Gasteiger partial charge in [-0.2, -0.15) is 8.75 Å². The van der Waals surface area contributed by atoms with Crippen LogP contribution in [0.2, 0.25) is 0 Å². The summed E-state index contributed by atoms with van der Waals surface area (Å²) in [5.41, 5.74) is -0.333. The average molecular weight is 633 g/mol. The molecule has 43 heavy (non-hydrogen) atoms. The van der Waals surface area contributed by atoms with E-state index in [9.17, 15) is 36.7 Å². The summed E-state index contributed by atoms with van der Waals surface area (Å²) in [5.74, 6) is -8.06. The molecule has 13 heteroatoms. The maximum absolute atomic E-state index is 14.4. The summed E-state index contributed by atoms with van der Waals surface area (Å²) in [6.07, 6.45) is 2.82. The van der Waals surface area contributed by atoms with E-state index in [-0.39, 0.29) is 22.3 Å². The summed E-state index contributed by atoms with van der Waals surface area (Å²) in [7, 11) is 0. The molecule has 6 aromatic rings. The SMILES string of the molecule is O=C1C(=O)c2c(F)cc(F)cc2/C1=C/c1cc2c3nsnc3c3cc(/C=C4\C(=O)C(=O)c5c(F)cc(F)cc54)sc3c2s1. The van der Waals surface area contributed by atoms with Crippen LogP contribution in [-0.4, -0.2) is 31.9 Å². The minimum Gasteiger partial charge on any atom is -0.285 e. The van der Waals surface area contributed by atoms with Crippen LogP contribution in [0.3, 0.4) is 0 Å². The van der Waals surface area contributed by atoms with E-state index in [0.717, 1.165) is 33.3 Å². The van der Waals surface area contributed by atoms with Crippen molar-refractivity contribution >= 4 is 112 Å². The van der Waals surface area contributed by atoms with E-state index in [4.69, 9.17) is 0 Å². The lowest BCUT2D eigenvalue weighted by molar-refractivity contribution is -0.110. The molecular weight excluding hydrogens is 625 g/mol. The smallest absolute Gasteiger partial charge is 0.237 e. The van der Waals surface area contributed by atoms with Crippen molar-refractivity contribution in [2.45, 2.75) is 0 Å². The molecule has 0 atom stereocenters. The molecule has 2 aliphatic carbocycles. The number of carbonyl (C=O) groups is 4. The lowest BCUT2D eigenvalue weighted by atomic mass is 10.1. The highest BCUT2D eigenvalue weighted by Gasteiger charge is 2.38. The number of nitrogens with zero attached hydrogens (tertiary/aromatic N) is 2. The van der Waals surface area contributed by atoms with E-state index >= 15 is 0 Å². The largest absolute Gasteiger partial charge is 0.285 e. The first-order chi connectivity index (χ1) is 20.6. The van der Waals surface area contributed by atoms with E-state index in [1.54, 1.807) is 12.1 Å². The van der Waals surface area contributed by atoms with Crippen molar-refractivity contribution in [3.05, 3.63) is 91.7 Å². The van der Waals surface area contributed by atoms with E-state index in [1.807, 2.05) is 0 Å². The van der Waals surface area contributed by atoms with Crippen LogP contribution in [0, 0.1) is 23.3 Å². The molecule has 0 bridgehead atoms. The van der Waals surface area contributed by atoms with Crippen molar-refractivity contribution in [3.63, 3.8) is 0 Å².